The van der Waals surface area contributed by atoms with Crippen molar-refractivity contribution in [3.63, 3.8) is 0 Å². The number of halogens is 1. The number of benzene rings is 2. The molecule has 0 spiro atoms. The molecule has 1 atom stereocenters. The molecule has 2 aromatic carbocycles. The molecule has 0 radical (unpaired) electrons. The fourth-order valence-electron chi connectivity index (χ4n) is 2.89. The minimum Gasteiger partial charge on any atom is -0.343 e. The predicted octanol–water partition coefficient (Wildman–Crippen LogP) is 4.52. The van der Waals surface area contributed by atoms with Crippen molar-refractivity contribution in [3.8, 4) is 0 Å². The van der Waals surface area contributed by atoms with Gasteiger partial charge in [-0.05, 0) is 41.8 Å². The number of aromatic nitrogens is 1. The van der Waals surface area contributed by atoms with Gasteiger partial charge in [0.25, 0.3) is 5.91 Å². The summed E-state index contributed by atoms with van der Waals surface area (Å²) in [5.41, 5.74) is 3.20. The first-order valence-electron chi connectivity index (χ1n) is 8.62. The molecule has 1 aromatic heterocycles. The van der Waals surface area contributed by atoms with Gasteiger partial charge in [0.15, 0.2) is 0 Å². The number of nitrogens with one attached hydrogen (secondary N) is 1. The molecule has 0 saturated heterocycles. The van der Waals surface area contributed by atoms with Crippen molar-refractivity contribution in [2.75, 3.05) is 11.6 Å². The molecule has 27 heavy (non-hydrogen) atoms. The van der Waals surface area contributed by atoms with E-state index in [1.807, 2.05) is 41.1 Å². The van der Waals surface area contributed by atoms with E-state index in [4.69, 9.17) is 11.6 Å². The summed E-state index contributed by atoms with van der Waals surface area (Å²) in [5, 5.41) is 3.33. The van der Waals surface area contributed by atoms with Crippen molar-refractivity contribution in [2.45, 2.75) is 18.7 Å². The Morgan fingerprint density at radius 1 is 1.07 bits per heavy atom. The largest absolute Gasteiger partial charge is 0.343 e. The number of amides is 1. The third kappa shape index (κ3) is 5.31. The molecular weight excluding hydrogens is 380 g/mol. The molecular formula is C21H21ClN2O2S. The summed E-state index contributed by atoms with van der Waals surface area (Å²) in [6, 6.07) is 19.1. The highest BCUT2D eigenvalue weighted by Gasteiger charge is 2.13. The molecule has 1 amide bonds. The van der Waals surface area contributed by atoms with Crippen molar-refractivity contribution < 1.29 is 9.00 Å². The van der Waals surface area contributed by atoms with Crippen LogP contribution in [-0.2, 0) is 29.5 Å². The average Bonchev–Trinajstić information content (AvgIpc) is 3.12. The van der Waals surface area contributed by atoms with Gasteiger partial charge in [0.2, 0.25) is 0 Å². The molecule has 1 unspecified atom stereocenters. The van der Waals surface area contributed by atoms with Gasteiger partial charge in [0.1, 0.15) is 5.69 Å². The van der Waals surface area contributed by atoms with E-state index in [0.29, 0.717) is 28.7 Å². The number of nitrogens with zero attached hydrogens (tertiary/aromatic N) is 1. The molecule has 0 fully saturated rings. The van der Waals surface area contributed by atoms with Crippen LogP contribution >= 0.6 is 11.6 Å². The van der Waals surface area contributed by atoms with E-state index in [0.717, 1.165) is 12.0 Å². The van der Waals surface area contributed by atoms with Gasteiger partial charge in [-0.1, -0.05) is 48.0 Å². The van der Waals surface area contributed by atoms with Gasteiger partial charge in [-0.2, -0.15) is 0 Å². The van der Waals surface area contributed by atoms with Gasteiger partial charge < -0.3 is 9.88 Å². The van der Waals surface area contributed by atoms with E-state index in [1.54, 1.807) is 24.5 Å². The Morgan fingerprint density at radius 3 is 2.59 bits per heavy atom. The summed E-state index contributed by atoms with van der Waals surface area (Å²) in [5.74, 6) is 0.206. The number of carbonyl (C=O) groups is 1. The summed E-state index contributed by atoms with van der Waals surface area (Å²) in [6.07, 6.45) is 4.39. The van der Waals surface area contributed by atoms with Crippen LogP contribution in [-0.4, -0.2) is 20.9 Å². The Morgan fingerprint density at radius 2 is 1.85 bits per heavy atom. The van der Waals surface area contributed by atoms with E-state index in [9.17, 15) is 9.00 Å². The number of hydrogen-bond donors (Lipinski definition) is 1. The van der Waals surface area contributed by atoms with Crippen LogP contribution in [0, 0.1) is 0 Å². The van der Waals surface area contributed by atoms with Crippen molar-refractivity contribution in [1.82, 2.24) is 4.57 Å². The third-order valence-corrected chi connectivity index (χ3v) is 5.26. The fourth-order valence-corrected chi connectivity index (χ4v) is 3.70. The van der Waals surface area contributed by atoms with Crippen LogP contribution in [0.25, 0.3) is 0 Å². The highest BCUT2D eigenvalue weighted by atomic mass is 35.5. The van der Waals surface area contributed by atoms with Crippen LogP contribution in [0.3, 0.4) is 0 Å². The van der Waals surface area contributed by atoms with Gasteiger partial charge in [-0.25, -0.2) is 0 Å². The molecule has 140 valence electrons. The van der Waals surface area contributed by atoms with E-state index in [2.05, 4.69) is 17.4 Å². The van der Waals surface area contributed by atoms with Crippen LogP contribution < -0.4 is 5.32 Å². The van der Waals surface area contributed by atoms with Crippen LogP contribution in [0.5, 0.6) is 0 Å². The zero-order chi connectivity index (χ0) is 19.2. The lowest BCUT2D eigenvalue weighted by Crippen LogP contribution is -2.18. The predicted molar refractivity (Wildman–Crippen MR) is 112 cm³/mol. The number of rotatable bonds is 7. The van der Waals surface area contributed by atoms with Crippen molar-refractivity contribution >= 4 is 34.0 Å². The quantitative estimate of drug-likeness (QED) is 0.634. The van der Waals surface area contributed by atoms with E-state index in [-0.39, 0.29) is 5.91 Å². The van der Waals surface area contributed by atoms with Gasteiger partial charge in [0.05, 0.1) is 10.7 Å². The summed E-state index contributed by atoms with van der Waals surface area (Å²) in [4.78, 5) is 12.7. The maximum absolute atomic E-state index is 12.7. The molecule has 0 bridgehead atoms. The Hall–Kier alpha value is -2.37. The Balaban J connectivity index is 1.72. The smallest absolute Gasteiger partial charge is 0.272 e. The molecule has 1 heterocycles. The van der Waals surface area contributed by atoms with Gasteiger partial charge in [-0.15, -0.1) is 0 Å². The van der Waals surface area contributed by atoms with E-state index < -0.39 is 10.8 Å². The monoisotopic (exact) mass is 400 g/mol. The van der Waals surface area contributed by atoms with Crippen LogP contribution in [0.1, 0.15) is 21.6 Å². The summed E-state index contributed by atoms with van der Waals surface area (Å²) >= 11 is 6.22. The average molecular weight is 401 g/mol. The van der Waals surface area contributed by atoms with Crippen LogP contribution in [0.4, 0.5) is 5.69 Å². The standard InChI is InChI=1S/C21H21ClN2O2S/c1-27(26)15-17-9-10-18(22)19(14-17)23-21(25)20-8-5-12-24(20)13-11-16-6-3-2-4-7-16/h2-10,12,14H,11,13,15H2,1H3,(H,23,25). The highest BCUT2D eigenvalue weighted by molar-refractivity contribution is 7.83. The number of aryl methyl sites for hydroxylation is 2. The first-order valence-corrected chi connectivity index (χ1v) is 10.7. The topological polar surface area (TPSA) is 51.1 Å². The van der Waals surface area contributed by atoms with E-state index in [1.165, 1.54) is 5.56 Å². The van der Waals surface area contributed by atoms with E-state index >= 15 is 0 Å². The molecule has 0 aliphatic carbocycles. The second-order valence-corrected chi connectivity index (χ2v) is 8.15. The Labute approximate surface area is 166 Å². The number of carbonyl (C=O) groups excluding carboxylic acids is 1. The van der Waals surface area contributed by atoms with Crippen LogP contribution in [0.2, 0.25) is 5.02 Å². The maximum Gasteiger partial charge on any atom is 0.272 e. The molecule has 3 aromatic rings. The van der Waals surface area contributed by atoms with Crippen LogP contribution in [0.15, 0.2) is 66.9 Å². The highest BCUT2D eigenvalue weighted by Crippen LogP contribution is 2.24. The molecule has 4 nitrogen and oxygen atoms in total. The molecule has 0 aliphatic rings. The second kappa shape index (κ2) is 9.02. The molecule has 1 N–H and O–H groups in total. The molecule has 3 rings (SSSR count). The lowest BCUT2D eigenvalue weighted by atomic mass is 10.1. The van der Waals surface area contributed by atoms with Gasteiger partial charge >= 0.3 is 0 Å². The molecule has 0 aliphatic heterocycles. The lowest BCUT2D eigenvalue weighted by molar-refractivity contribution is 0.101. The van der Waals surface area contributed by atoms with Gasteiger partial charge in [-0.3, -0.25) is 9.00 Å². The zero-order valence-electron chi connectivity index (χ0n) is 15.0. The van der Waals surface area contributed by atoms with Crippen molar-refractivity contribution in [2.24, 2.45) is 0 Å². The number of hydrogen-bond acceptors (Lipinski definition) is 2. The minimum atomic E-state index is -0.958. The Bertz CT molecular complexity index is 954. The first-order chi connectivity index (χ1) is 13.0. The normalized spacial score (nSPS) is 11.9. The lowest BCUT2D eigenvalue weighted by Gasteiger charge is -2.12. The van der Waals surface area contributed by atoms with Gasteiger partial charge in [0, 0.05) is 35.5 Å². The number of anilines is 1. The summed E-state index contributed by atoms with van der Waals surface area (Å²) in [6.45, 7) is 0.711. The third-order valence-electron chi connectivity index (χ3n) is 4.20. The van der Waals surface area contributed by atoms with Crippen molar-refractivity contribution in [3.05, 3.63) is 88.7 Å². The first kappa shape index (κ1) is 19.4. The summed E-state index contributed by atoms with van der Waals surface area (Å²) < 4.78 is 13.4. The molecule has 0 saturated carbocycles. The maximum atomic E-state index is 12.7. The minimum absolute atomic E-state index is 0.218. The zero-order valence-corrected chi connectivity index (χ0v) is 16.6. The van der Waals surface area contributed by atoms with Crippen molar-refractivity contribution in [1.29, 1.82) is 0 Å². The summed E-state index contributed by atoms with van der Waals surface area (Å²) in [7, 11) is -0.958. The second-order valence-electron chi connectivity index (χ2n) is 6.31. The fraction of sp³-hybridized carbons (Fsp3) is 0.190. The molecule has 6 heteroatoms. The SMILES string of the molecule is CS(=O)Cc1ccc(Cl)c(NC(=O)c2cccn2CCc2ccccc2)c1. The Kier molecular flexibility index (Phi) is 6.48.